The van der Waals surface area contributed by atoms with Gasteiger partial charge in [0.2, 0.25) is 0 Å². The average molecular weight is 361 g/mol. The van der Waals surface area contributed by atoms with Crippen LogP contribution in [0, 0.1) is 6.92 Å². The van der Waals surface area contributed by atoms with E-state index in [1.165, 1.54) is 17.8 Å². The van der Waals surface area contributed by atoms with Crippen molar-refractivity contribution in [1.82, 2.24) is 14.5 Å². The maximum Gasteiger partial charge on any atom is 0.259 e. The Morgan fingerprint density at radius 2 is 2.08 bits per heavy atom. The molecule has 0 aliphatic carbocycles. The number of halogens is 2. The minimum Gasteiger partial charge on any atom is -0.331 e. The first kappa shape index (κ1) is 16.5. The maximum absolute atomic E-state index is 12.2. The zero-order valence-corrected chi connectivity index (χ0v) is 14.3. The van der Waals surface area contributed by atoms with Crippen LogP contribution in [0.1, 0.15) is 21.5 Å². The van der Waals surface area contributed by atoms with Crippen molar-refractivity contribution in [2.75, 3.05) is 5.32 Å². The summed E-state index contributed by atoms with van der Waals surface area (Å²) < 4.78 is 1.89. The summed E-state index contributed by atoms with van der Waals surface area (Å²) in [7, 11) is 0. The van der Waals surface area contributed by atoms with E-state index in [4.69, 9.17) is 23.2 Å². The van der Waals surface area contributed by atoms with Crippen molar-refractivity contribution in [3.8, 4) is 0 Å². The Morgan fingerprint density at radius 1 is 1.25 bits per heavy atom. The number of anilines is 1. The molecule has 1 aromatic carbocycles. The van der Waals surface area contributed by atoms with Gasteiger partial charge >= 0.3 is 0 Å². The van der Waals surface area contributed by atoms with Gasteiger partial charge in [0.05, 0.1) is 16.9 Å². The molecule has 1 amide bonds. The quantitative estimate of drug-likeness (QED) is 0.709. The highest BCUT2D eigenvalue weighted by atomic mass is 35.5. The molecule has 0 unspecified atom stereocenters. The topological polar surface area (TPSA) is 59.8 Å². The Hall–Kier alpha value is -2.37. The predicted molar refractivity (Wildman–Crippen MR) is 94.7 cm³/mol. The number of hydrogen-bond acceptors (Lipinski definition) is 3. The molecular formula is C17H14Cl2N4O. The van der Waals surface area contributed by atoms with Gasteiger partial charge in [-0.2, -0.15) is 0 Å². The van der Waals surface area contributed by atoms with Crippen LogP contribution in [0.3, 0.4) is 0 Å². The highest BCUT2D eigenvalue weighted by Gasteiger charge is 2.13. The van der Waals surface area contributed by atoms with E-state index in [1.807, 2.05) is 29.7 Å². The normalized spacial score (nSPS) is 10.6. The second kappa shape index (κ2) is 7.03. The van der Waals surface area contributed by atoms with Gasteiger partial charge in [0.25, 0.3) is 5.91 Å². The van der Waals surface area contributed by atoms with E-state index in [0.717, 1.165) is 5.56 Å². The molecule has 0 atom stereocenters. The SMILES string of the molecule is Cc1cccc(Cn2cnc(NC(=O)c3cnc(Cl)cc3Cl)c2)c1. The van der Waals surface area contributed by atoms with Crippen molar-refractivity contribution in [1.29, 1.82) is 0 Å². The van der Waals surface area contributed by atoms with Crippen molar-refractivity contribution >= 4 is 34.9 Å². The van der Waals surface area contributed by atoms with Gasteiger partial charge in [-0.3, -0.25) is 4.79 Å². The van der Waals surface area contributed by atoms with Crippen LogP contribution in [0.15, 0.2) is 49.1 Å². The van der Waals surface area contributed by atoms with Crippen molar-refractivity contribution in [2.45, 2.75) is 13.5 Å². The number of imidazole rings is 1. The third-order valence-electron chi connectivity index (χ3n) is 3.39. The molecule has 5 nitrogen and oxygen atoms in total. The lowest BCUT2D eigenvalue weighted by molar-refractivity contribution is 0.102. The fourth-order valence-corrected chi connectivity index (χ4v) is 2.74. The summed E-state index contributed by atoms with van der Waals surface area (Å²) in [5.41, 5.74) is 2.61. The van der Waals surface area contributed by atoms with Gasteiger partial charge in [-0.25, -0.2) is 9.97 Å². The summed E-state index contributed by atoms with van der Waals surface area (Å²) in [5, 5.41) is 3.18. The third-order valence-corrected chi connectivity index (χ3v) is 3.91. The molecule has 122 valence electrons. The summed E-state index contributed by atoms with van der Waals surface area (Å²) >= 11 is 11.7. The smallest absolute Gasteiger partial charge is 0.259 e. The van der Waals surface area contributed by atoms with E-state index < -0.39 is 0 Å². The van der Waals surface area contributed by atoms with Crippen molar-refractivity contribution < 1.29 is 4.79 Å². The van der Waals surface area contributed by atoms with Gasteiger partial charge in [0, 0.05) is 18.9 Å². The van der Waals surface area contributed by atoms with Gasteiger partial charge < -0.3 is 9.88 Å². The summed E-state index contributed by atoms with van der Waals surface area (Å²) in [4.78, 5) is 20.3. The first-order valence-corrected chi connectivity index (χ1v) is 7.96. The molecule has 0 bridgehead atoms. The predicted octanol–water partition coefficient (Wildman–Crippen LogP) is 4.19. The number of carbonyl (C=O) groups is 1. The molecule has 7 heteroatoms. The highest BCUT2D eigenvalue weighted by molar-refractivity contribution is 6.36. The summed E-state index contributed by atoms with van der Waals surface area (Å²) in [6.07, 6.45) is 4.76. The van der Waals surface area contributed by atoms with Gasteiger partial charge in [0.15, 0.2) is 5.82 Å². The molecule has 0 saturated heterocycles. The third kappa shape index (κ3) is 3.93. The first-order valence-electron chi connectivity index (χ1n) is 7.21. The van der Waals surface area contributed by atoms with Crippen LogP contribution in [0.2, 0.25) is 10.2 Å². The second-order valence-electron chi connectivity index (χ2n) is 5.36. The van der Waals surface area contributed by atoms with Gasteiger partial charge in [0.1, 0.15) is 5.15 Å². The molecule has 1 N–H and O–H groups in total. The molecule has 0 aliphatic heterocycles. The van der Waals surface area contributed by atoms with E-state index in [-0.39, 0.29) is 21.6 Å². The monoisotopic (exact) mass is 360 g/mol. The Morgan fingerprint density at radius 3 is 2.83 bits per heavy atom. The van der Waals surface area contributed by atoms with Crippen molar-refractivity contribution in [2.24, 2.45) is 0 Å². The van der Waals surface area contributed by atoms with Crippen LogP contribution in [-0.2, 0) is 6.54 Å². The van der Waals surface area contributed by atoms with Crippen molar-refractivity contribution in [3.05, 3.63) is 75.9 Å². The molecule has 0 fully saturated rings. The van der Waals surface area contributed by atoms with Crippen LogP contribution in [-0.4, -0.2) is 20.4 Å². The fraction of sp³-hybridized carbons (Fsp3) is 0.118. The lowest BCUT2D eigenvalue weighted by Gasteiger charge is -2.05. The van der Waals surface area contributed by atoms with Crippen LogP contribution in [0.5, 0.6) is 0 Å². The van der Waals surface area contributed by atoms with E-state index in [0.29, 0.717) is 12.4 Å². The zero-order valence-electron chi connectivity index (χ0n) is 12.8. The number of amides is 1. The summed E-state index contributed by atoms with van der Waals surface area (Å²) in [5.74, 6) is 0.0589. The second-order valence-corrected chi connectivity index (χ2v) is 6.16. The summed E-state index contributed by atoms with van der Waals surface area (Å²) in [6.45, 7) is 2.72. The molecule has 0 saturated carbocycles. The van der Waals surface area contributed by atoms with Crippen molar-refractivity contribution in [3.63, 3.8) is 0 Å². The Balaban J connectivity index is 1.70. The number of aromatic nitrogens is 3. The number of hydrogen-bond donors (Lipinski definition) is 1. The molecule has 24 heavy (non-hydrogen) atoms. The Kier molecular flexibility index (Phi) is 4.83. The molecule has 2 aromatic heterocycles. The minimum atomic E-state index is -0.384. The lowest BCUT2D eigenvalue weighted by Crippen LogP contribution is -2.13. The van der Waals surface area contributed by atoms with Gasteiger partial charge in [-0.05, 0) is 18.6 Å². The number of rotatable bonds is 4. The number of pyridine rings is 1. The number of carbonyl (C=O) groups excluding carboxylic acids is 1. The molecule has 0 spiro atoms. The van der Waals surface area contributed by atoms with Crippen LogP contribution in [0.25, 0.3) is 0 Å². The van der Waals surface area contributed by atoms with Gasteiger partial charge in [-0.15, -0.1) is 0 Å². The minimum absolute atomic E-state index is 0.235. The number of benzene rings is 1. The van der Waals surface area contributed by atoms with Crippen LogP contribution >= 0.6 is 23.2 Å². The molecule has 3 rings (SSSR count). The van der Waals surface area contributed by atoms with Crippen LogP contribution < -0.4 is 5.32 Å². The Labute approximate surface area is 149 Å². The first-order chi connectivity index (χ1) is 11.5. The fourth-order valence-electron chi connectivity index (χ4n) is 2.29. The highest BCUT2D eigenvalue weighted by Crippen LogP contribution is 2.19. The van der Waals surface area contributed by atoms with E-state index in [1.54, 1.807) is 12.5 Å². The summed E-state index contributed by atoms with van der Waals surface area (Å²) in [6, 6.07) is 9.64. The largest absolute Gasteiger partial charge is 0.331 e. The lowest BCUT2D eigenvalue weighted by atomic mass is 10.1. The maximum atomic E-state index is 12.2. The zero-order chi connectivity index (χ0) is 17.1. The van der Waals surface area contributed by atoms with E-state index in [9.17, 15) is 4.79 Å². The van der Waals surface area contributed by atoms with Crippen LogP contribution in [0.4, 0.5) is 5.82 Å². The number of nitrogens with one attached hydrogen (secondary N) is 1. The average Bonchev–Trinajstić information content (AvgIpc) is 2.94. The molecule has 2 heterocycles. The molecule has 0 aliphatic rings. The van der Waals surface area contributed by atoms with Gasteiger partial charge in [-0.1, -0.05) is 53.0 Å². The molecular weight excluding hydrogens is 347 g/mol. The Bertz CT molecular complexity index is 892. The molecule has 3 aromatic rings. The number of aryl methyl sites for hydroxylation is 1. The van der Waals surface area contributed by atoms with E-state index in [2.05, 4.69) is 21.4 Å². The molecule has 0 radical (unpaired) electrons. The number of nitrogens with zero attached hydrogens (tertiary/aromatic N) is 3. The van der Waals surface area contributed by atoms with E-state index >= 15 is 0 Å². The standard InChI is InChI=1S/C17H14Cl2N4O/c1-11-3-2-4-12(5-11)8-23-9-16(21-10-23)22-17(24)13-7-20-15(19)6-14(13)18/h2-7,9-10H,8H2,1H3,(H,22,24).